The van der Waals surface area contributed by atoms with Gasteiger partial charge in [-0.3, -0.25) is 0 Å². The summed E-state index contributed by atoms with van der Waals surface area (Å²) in [7, 11) is 0. The zero-order valence-corrected chi connectivity index (χ0v) is 8.66. The monoisotopic (exact) mass is 201 g/mol. The van der Waals surface area contributed by atoms with E-state index in [4.69, 9.17) is 6.42 Å². The number of β-amino-alcohol motifs (C(OH)–C–C–N with tert-alkyl or cyclic N) is 1. The van der Waals surface area contributed by atoms with Crippen LogP contribution in [0.5, 0.6) is 0 Å². The van der Waals surface area contributed by atoms with Gasteiger partial charge in [0, 0.05) is 18.5 Å². The number of aliphatic hydroxyl groups is 1. The molecule has 1 aliphatic heterocycles. The average molecular weight is 201 g/mol. The number of hydrogen-bond donors (Lipinski definition) is 2. The van der Waals surface area contributed by atoms with Crippen molar-refractivity contribution in [3.05, 3.63) is 35.4 Å². The number of hydrogen-bond acceptors (Lipinski definition) is 2. The molecule has 2 nitrogen and oxygen atoms in total. The summed E-state index contributed by atoms with van der Waals surface area (Å²) in [6.45, 7) is 1.57. The molecule has 1 fully saturated rings. The number of benzene rings is 1. The van der Waals surface area contributed by atoms with Crippen molar-refractivity contribution < 1.29 is 5.11 Å². The van der Waals surface area contributed by atoms with Crippen molar-refractivity contribution >= 4 is 0 Å². The summed E-state index contributed by atoms with van der Waals surface area (Å²) in [5.74, 6) is 2.61. The average Bonchev–Trinajstić information content (AvgIpc) is 2.65. The molecule has 2 N–H and O–H groups in total. The first-order chi connectivity index (χ1) is 7.22. The molecule has 0 spiro atoms. The number of terminal acetylenes is 1. The van der Waals surface area contributed by atoms with Crippen LogP contribution in [0.15, 0.2) is 24.3 Å². The molecule has 0 aliphatic carbocycles. The zero-order valence-electron chi connectivity index (χ0n) is 8.66. The molecule has 1 unspecified atom stereocenters. The van der Waals surface area contributed by atoms with Gasteiger partial charge in [-0.1, -0.05) is 18.1 Å². The van der Waals surface area contributed by atoms with Gasteiger partial charge in [0.25, 0.3) is 0 Å². The first kappa shape index (κ1) is 10.2. The molecule has 78 valence electrons. The Morgan fingerprint density at radius 2 is 2.40 bits per heavy atom. The lowest BCUT2D eigenvalue weighted by atomic mass is 9.93. The molecule has 0 amide bonds. The third-order valence-electron chi connectivity index (χ3n) is 2.85. The van der Waals surface area contributed by atoms with Gasteiger partial charge in [0.15, 0.2) is 0 Å². The van der Waals surface area contributed by atoms with Gasteiger partial charge < -0.3 is 10.4 Å². The van der Waals surface area contributed by atoms with Crippen LogP contribution < -0.4 is 5.32 Å². The fraction of sp³-hybridized carbons (Fsp3) is 0.385. The lowest BCUT2D eigenvalue weighted by Crippen LogP contribution is -2.33. The smallest absolute Gasteiger partial charge is 0.0823 e. The number of nitrogens with one attached hydrogen (secondary N) is 1. The van der Waals surface area contributed by atoms with Crippen molar-refractivity contribution in [2.24, 2.45) is 0 Å². The largest absolute Gasteiger partial charge is 0.388 e. The van der Waals surface area contributed by atoms with E-state index in [0.717, 1.165) is 24.1 Å². The van der Waals surface area contributed by atoms with Crippen LogP contribution in [0.1, 0.15) is 17.5 Å². The fourth-order valence-corrected chi connectivity index (χ4v) is 2.03. The standard InChI is InChI=1S/C13H15NO/c1-2-11-4-3-5-12(8-11)9-13(15)6-7-14-10-13/h1,3-5,8,14-15H,6-7,9-10H2. The number of rotatable bonds is 2. The molecule has 0 bridgehead atoms. The molecule has 0 radical (unpaired) electrons. The first-order valence-corrected chi connectivity index (χ1v) is 5.20. The van der Waals surface area contributed by atoms with Crippen LogP contribution in [-0.2, 0) is 6.42 Å². The molecule has 1 heterocycles. The zero-order chi connectivity index (χ0) is 10.7. The summed E-state index contributed by atoms with van der Waals surface area (Å²) in [6.07, 6.45) is 6.82. The van der Waals surface area contributed by atoms with Crippen LogP contribution in [-0.4, -0.2) is 23.8 Å². The van der Waals surface area contributed by atoms with Crippen LogP contribution in [0.3, 0.4) is 0 Å². The van der Waals surface area contributed by atoms with E-state index in [1.54, 1.807) is 0 Å². The van der Waals surface area contributed by atoms with Crippen molar-refractivity contribution in [3.8, 4) is 12.3 Å². The Kier molecular flexibility index (Phi) is 2.77. The highest BCUT2D eigenvalue weighted by atomic mass is 16.3. The minimum Gasteiger partial charge on any atom is -0.388 e. The normalized spacial score (nSPS) is 25.1. The van der Waals surface area contributed by atoms with E-state index in [1.807, 2.05) is 24.3 Å². The Bertz CT molecular complexity index is 386. The van der Waals surface area contributed by atoms with Gasteiger partial charge in [0.1, 0.15) is 0 Å². The Hall–Kier alpha value is -1.30. The van der Waals surface area contributed by atoms with Crippen molar-refractivity contribution in [2.45, 2.75) is 18.4 Å². The minimum absolute atomic E-state index is 0.590. The molecule has 2 heteroatoms. The van der Waals surface area contributed by atoms with E-state index in [9.17, 15) is 5.11 Å². The predicted octanol–water partition coefficient (Wildman–Crippen LogP) is 0.935. The van der Waals surface area contributed by atoms with Gasteiger partial charge >= 0.3 is 0 Å². The van der Waals surface area contributed by atoms with Crippen molar-refractivity contribution in [2.75, 3.05) is 13.1 Å². The molecule has 1 atom stereocenters. The highest BCUT2D eigenvalue weighted by molar-refractivity contribution is 5.35. The summed E-state index contributed by atoms with van der Waals surface area (Å²) in [4.78, 5) is 0. The maximum absolute atomic E-state index is 10.2. The van der Waals surface area contributed by atoms with Crippen LogP contribution in [0.2, 0.25) is 0 Å². The topological polar surface area (TPSA) is 32.3 Å². The Morgan fingerprint density at radius 1 is 1.53 bits per heavy atom. The van der Waals surface area contributed by atoms with E-state index in [-0.39, 0.29) is 0 Å². The van der Waals surface area contributed by atoms with Gasteiger partial charge in [-0.2, -0.15) is 0 Å². The lowest BCUT2D eigenvalue weighted by Gasteiger charge is -2.21. The van der Waals surface area contributed by atoms with Crippen molar-refractivity contribution in [1.82, 2.24) is 5.32 Å². The highest BCUT2D eigenvalue weighted by Crippen LogP contribution is 2.20. The Labute approximate surface area is 90.3 Å². The molecular weight excluding hydrogens is 186 g/mol. The van der Waals surface area contributed by atoms with Crippen molar-refractivity contribution in [1.29, 1.82) is 0 Å². The third kappa shape index (κ3) is 2.38. The molecule has 1 saturated heterocycles. The summed E-state index contributed by atoms with van der Waals surface area (Å²) >= 11 is 0. The van der Waals surface area contributed by atoms with Crippen LogP contribution in [0.4, 0.5) is 0 Å². The van der Waals surface area contributed by atoms with E-state index in [1.165, 1.54) is 0 Å². The SMILES string of the molecule is C#Cc1cccc(CC2(O)CCNC2)c1. The Balaban J connectivity index is 2.13. The van der Waals surface area contributed by atoms with Gasteiger partial charge in [-0.05, 0) is 30.7 Å². The van der Waals surface area contributed by atoms with Gasteiger partial charge in [0.2, 0.25) is 0 Å². The van der Waals surface area contributed by atoms with Gasteiger partial charge in [-0.15, -0.1) is 6.42 Å². The molecule has 1 aromatic rings. The lowest BCUT2D eigenvalue weighted by molar-refractivity contribution is 0.0619. The second-order valence-electron chi connectivity index (χ2n) is 4.17. The van der Waals surface area contributed by atoms with E-state index in [0.29, 0.717) is 13.0 Å². The quantitative estimate of drug-likeness (QED) is 0.698. The third-order valence-corrected chi connectivity index (χ3v) is 2.85. The summed E-state index contributed by atoms with van der Waals surface area (Å²) in [5.41, 5.74) is 1.39. The minimum atomic E-state index is -0.590. The van der Waals surface area contributed by atoms with E-state index in [2.05, 4.69) is 11.2 Å². The summed E-state index contributed by atoms with van der Waals surface area (Å²) in [6, 6.07) is 7.82. The molecule has 1 aliphatic rings. The van der Waals surface area contributed by atoms with Crippen LogP contribution >= 0.6 is 0 Å². The molecule has 1 aromatic carbocycles. The molecule has 0 saturated carbocycles. The molecular formula is C13H15NO. The fourth-order valence-electron chi connectivity index (χ4n) is 2.03. The van der Waals surface area contributed by atoms with E-state index >= 15 is 0 Å². The Morgan fingerprint density at radius 3 is 3.07 bits per heavy atom. The van der Waals surface area contributed by atoms with Crippen molar-refractivity contribution in [3.63, 3.8) is 0 Å². The molecule has 15 heavy (non-hydrogen) atoms. The maximum atomic E-state index is 10.2. The summed E-state index contributed by atoms with van der Waals surface area (Å²) in [5, 5.41) is 13.4. The predicted molar refractivity (Wildman–Crippen MR) is 60.5 cm³/mol. The highest BCUT2D eigenvalue weighted by Gasteiger charge is 2.30. The van der Waals surface area contributed by atoms with Crippen LogP contribution in [0.25, 0.3) is 0 Å². The second kappa shape index (κ2) is 4.06. The molecule has 2 rings (SSSR count). The maximum Gasteiger partial charge on any atom is 0.0823 e. The molecule has 0 aromatic heterocycles. The summed E-state index contributed by atoms with van der Waals surface area (Å²) < 4.78 is 0. The van der Waals surface area contributed by atoms with Gasteiger partial charge in [0.05, 0.1) is 5.60 Å². The first-order valence-electron chi connectivity index (χ1n) is 5.20. The van der Waals surface area contributed by atoms with E-state index < -0.39 is 5.60 Å². The second-order valence-corrected chi connectivity index (χ2v) is 4.17. The van der Waals surface area contributed by atoms with Crippen LogP contribution in [0, 0.1) is 12.3 Å². The van der Waals surface area contributed by atoms with Gasteiger partial charge in [-0.25, -0.2) is 0 Å².